The number of aromatic nitrogens is 2. The molecular weight excluding hydrogens is 274 g/mol. The summed E-state index contributed by atoms with van der Waals surface area (Å²) in [6.45, 7) is 5.17. The van der Waals surface area contributed by atoms with Crippen molar-refractivity contribution >= 4 is 11.6 Å². The number of hydrogen-bond donors (Lipinski definition) is 2. The molecule has 1 saturated carbocycles. The van der Waals surface area contributed by atoms with Gasteiger partial charge < -0.3 is 10.4 Å². The van der Waals surface area contributed by atoms with Crippen LogP contribution in [0.2, 0.25) is 5.02 Å². The molecular formula is C15H26ClN3O. The zero-order valence-corrected chi connectivity index (χ0v) is 13.5. The van der Waals surface area contributed by atoms with Crippen molar-refractivity contribution < 1.29 is 5.11 Å². The first kappa shape index (κ1) is 15.8. The number of aryl methyl sites for hydroxylation is 2. The average molecular weight is 300 g/mol. The van der Waals surface area contributed by atoms with Gasteiger partial charge in [-0.2, -0.15) is 5.10 Å². The van der Waals surface area contributed by atoms with Crippen molar-refractivity contribution in [3.8, 4) is 0 Å². The lowest BCUT2D eigenvalue weighted by molar-refractivity contribution is 0.0976. The fourth-order valence-electron chi connectivity index (χ4n) is 3.30. The summed E-state index contributed by atoms with van der Waals surface area (Å²) in [5.41, 5.74) is 1.80. The lowest BCUT2D eigenvalue weighted by Crippen LogP contribution is -2.51. The molecule has 2 unspecified atom stereocenters. The van der Waals surface area contributed by atoms with Crippen molar-refractivity contribution in [2.45, 2.75) is 58.0 Å². The predicted octanol–water partition coefficient (Wildman–Crippen LogP) is 2.67. The van der Waals surface area contributed by atoms with Crippen molar-refractivity contribution in [3.05, 3.63) is 16.4 Å². The molecule has 0 saturated heterocycles. The summed E-state index contributed by atoms with van der Waals surface area (Å²) in [5.74, 6) is 0.664. The Bertz CT molecular complexity index is 460. The number of nitrogens with zero attached hydrogens (tertiary/aromatic N) is 2. The van der Waals surface area contributed by atoms with Gasteiger partial charge in [0.25, 0.3) is 0 Å². The molecule has 0 amide bonds. The molecule has 0 aromatic carbocycles. The van der Waals surface area contributed by atoms with Gasteiger partial charge in [-0.05, 0) is 25.2 Å². The van der Waals surface area contributed by atoms with E-state index in [2.05, 4.69) is 24.3 Å². The van der Waals surface area contributed by atoms with Crippen molar-refractivity contribution in [1.29, 1.82) is 0 Å². The molecule has 2 N–H and O–H groups in total. The summed E-state index contributed by atoms with van der Waals surface area (Å²) < 4.78 is 1.85. The van der Waals surface area contributed by atoms with Crippen LogP contribution in [0.4, 0.5) is 0 Å². The van der Waals surface area contributed by atoms with E-state index in [1.54, 1.807) is 0 Å². The minimum atomic E-state index is -0.155. The Morgan fingerprint density at radius 2 is 2.30 bits per heavy atom. The zero-order valence-electron chi connectivity index (χ0n) is 12.7. The molecule has 20 heavy (non-hydrogen) atoms. The maximum absolute atomic E-state index is 9.81. The first-order valence-electron chi connectivity index (χ1n) is 7.57. The Morgan fingerprint density at radius 1 is 1.55 bits per heavy atom. The second-order valence-corrected chi connectivity index (χ2v) is 6.56. The number of hydrogen-bond acceptors (Lipinski definition) is 3. The van der Waals surface area contributed by atoms with Crippen LogP contribution in [0.5, 0.6) is 0 Å². The molecule has 2 atom stereocenters. The molecule has 1 fully saturated rings. The Balaban J connectivity index is 2.08. The Kier molecular flexibility index (Phi) is 5.10. The van der Waals surface area contributed by atoms with E-state index in [1.165, 1.54) is 12.8 Å². The minimum absolute atomic E-state index is 0.155. The highest BCUT2D eigenvalue weighted by Gasteiger charge is 2.34. The Labute approximate surface area is 126 Å². The number of nitrogens with one attached hydrogen (secondary N) is 1. The quantitative estimate of drug-likeness (QED) is 0.879. The van der Waals surface area contributed by atoms with Crippen molar-refractivity contribution in [2.24, 2.45) is 13.0 Å². The predicted molar refractivity (Wildman–Crippen MR) is 81.9 cm³/mol. The highest BCUT2D eigenvalue weighted by atomic mass is 35.5. The second-order valence-electron chi connectivity index (χ2n) is 6.18. The summed E-state index contributed by atoms with van der Waals surface area (Å²) in [7, 11) is 1.93. The lowest BCUT2D eigenvalue weighted by atomic mass is 9.77. The van der Waals surface area contributed by atoms with E-state index in [-0.39, 0.29) is 12.1 Å². The maximum Gasteiger partial charge on any atom is 0.0863 e. The van der Waals surface area contributed by atoms with Gasteiger partial charge in [0.15, 0.2) is 0 Å². The normalized spacial score (nSPS) is 26.9. The van der Waals surface area contributed by atoms with Crippen LogP contribution in [-0.2, 0) is 20.0 Å². The lowest BCUT2D eigenvalue weighted by Gasteiger charge is -2.39. The maximum atomic E-state index is 9.81. The van der Waals surface area contributed by atoms with Gasteiger partial charge in [-0.15, -0.1) is 0 Å². The molecule has 1 aliphatic carbocycles. The fourth-order valence-corrected chi connectivity index (χ4v) is 3.66. The first-order valence-corrected chi connectivity index (χ1v) is 7.95. The molecule has 0 radical (unpaired) electrons. The molecule has 1 heterocycles. The second kappa shape index (κ2) is 6.46. The molecule has 4 nitrogen and oxygen atoms in total. The molecule has 0 spiro atoms. The molecule has 1 aromatic rings. The molecule has 0 bridgehead atoms. The van der Waals surface area contributed by atoms with Gasteiger partial charge in [0.1, 0.15) is 0 Å². The van der Waals surface area contributed by atoms with Gasteiger partial charge in [-0.25, -0.2) is 0 Å². The van der Waals surface area contributed by atoms with Gasteiger partial charge in [-0.1, -0.05) is 38.3 Å². The summed E-state index contributed by atoms with van der Waals surface area (Å²) in [6, 6.07) is 0. The third kappa shape index (κ3) is 3.18. The summed E-state index contributed by atoms with van der Waals surface area (Å²) in [5, 5.41) is 18.6. The van der Waals surface area contributed by atoms with E-state index in [0.717, 1.165) is 35.7 Å². The zero-order chi connectivity index (χ0) is 14.8. The van der Waals surface area contributed by atoms with Gasteiger partial charge in [-0.3, -0.25) is 4.68 Å². The molecule has 114 valence electrons. The summed E-state index contributed by atoms with van der Waals surface area (Å²) >= 11 is 6.38. The molecule has 0 aliphatic heterocycles. The fraction of sp³-hybridized carbons (Fsp3) is 0.800. The highest BCUT2D eigenvalue weighted by Crippen LogP contribution is 2.32. The molecule has 2 rings (SSSR count). The van der Waals surface area contributed by atoms with E-state index in [4.69, 9.17) is 11.6 Å². The Hall–Kier alpha value is -0.580. The van der Waals surface area contributed by atoms with Crippen LogP contribution in [0.15, 0.2) is 0 Å². The monoisotopic (exact) mass is 299 g/mol. The van der Waals surface area contributed by atoms with E-state index >= 15 is 0 Å². The molecule has 1 aliphatic rings. The van der Waals surface area contributed by atoms with Gasteiger partial charge in [0, 0.05) is 19.1 Å². The largest absolute Gasteiger partial charge is 0.394 e. The minimum Gasteiger partial charge on any atom is -0.394 e. The van der Waals surface area contributed by atoms with Crippen LogP contribution in [0, 0.1) is 5.92 Å². The summed E-state index contributed by atoms with van der Waals surface area (Å²) in [6.07, 6.45) is 5.34. The number of aliphatic hydroxyl groups excluding tert-OH is 1. The van der Waals surface area contributed by atoms with Gasteiger partial charge >= 0.3 is 0 Å². The highest BCUT2D eigenvalue weighted by molar-refractivity contribution is 6.31. The Morgan fingerprint density at radius 3 is 2.85 bits per heavy atom. The summed E-state index contributed by atoms with van der Waals surface area (Å²) in [4.78, 5) is 0. The smallest absolute Gasteiger partial charge is 0.0863 e. The topological polar surface area (TPSA) is 50.1 Å². The van der Waals surface area contributed by atoms with Crippen LogP contribution >= 0.6 is 11.6 Å². The van der Waals surface area contributed by atoms with E-state index < -0.39 is 0 Å². The number of rotatable bonds is 5. The third-order valence-electron chi connectivity index (χ3n) is 4.53. The molecule has 1 aromatic heterocycles. The van der Waals surface area contributed by atoms with Crippen LogP contribution in [0.25, 0.3) is 0 Å². The molecule has 5 heteroatoms. The van der Waals surface area contributed by atoms with Gasteiger partial charge in [0.05, 0.1) is 23.0 Å². The van der Waals surface area contributed by atoms with Crippen LogP contribution in [0.3, 0.4) is 0 Å². The van der Waals surface area contributed by atoms with E-state index in [0.29, 0.717) is 12.5 Å². The van der Waals surface area contributed by atoms with Crippen LogP contribution in [-0.4, -0.2) is 27.0 Å². The standard InChI is InChI=1S/C15H26ClN3O/c1-4-12-14(16)13(19(3)18-12)9-17-15(10-20)7-5-6-11(2)8-15/h11,17,20H,4-10H2,1-3H3. The van der Waals surface area contributed by atoms with E-state index in [9.17, 15) is 5.11 Å². The number of aliphatic hydroxyl groups is 1. The van der Waals surface area contributed by atoms with Crippen molar-refractivity contribution in [3.63, 3.8) is 0 Å². The number of halogens is 1. The third-order valence-corrected chi connectivity index (χ3v) is 4.96. The first-order chi connectivity index (χ1) is 9.51. The SMILES string of the molecule is CCc1nn(C)c(CNC2(CO)CCCC(C)C2)c1Cl. The van der Waals surface area contributed by atoms with Crippen molar-refractivity contribution in [2.75, 3.05) is 6.61 Å². The van der Waals surface area contributed by atoms with E-state index in [1.807, 2.05) is 11.7 Å². The van der Waals surface area contributed by atoms with Gasteiger partial charge in [0.2, 0.25) is 0 Å². The average Bonchev–Trinajstić information content (AvgIpc) is 2.71. The van der Waals surface area contributed by atoms with Crippen LogP contribution in [0.1, 0.15) is 50.9 Å². The van der Waals surface area contributed by atoms with Crippen LogP contribution < -0.4 is 5.32 Å². The van der Waals surface area contributed by atoms with Crippen molar-refractivity contribution in [1.82, 2.24) is 15.1 Å².